The summed E-state index contributed by atoms with van der Waals surface area (Å²) >= 11 is 6.06. The van der Waals surface area contributed by atoms with Crippen molar-refractivity contribution in [1.82, 2.24) is 20.0 Å². The van der Waals surface area contributed by atoms with Gasteiger partial charge >= 0.3 is 0 Å². The highest BCUT2D eigenvalue weighted by atomic mass is 35.5. The van der Waals surface area contributed by atoms with Gasteiger partial charge in [0.25, 0.3) is 0 Å². The van der Waals surface area contributed by atoms with Gasteiger partial charge in [0.1, 0.15) is 0 Å². The summed E-state index contributed by atoms with van der Waals surface area (Å²) in [4.78, 5) is 30.7. The maximum Gasteiger partial charge on any atom is 0.239 e. The van der Waals surface area contributed by atoms with Crippen LogP contribution in [0.4, 0.5) is 0 Å². The average Bonchev–Trinajstić information content (AvgIpc) is 3.45. The minimum Gasteiger partial charge on any atom is -0.352 e. The molecule has 6 nitrogen and oxygen atoms in total. The van der Waals surface area contributed by atoms with Crippen molar-refractivity contribution in [2.24, 2.45) is 0 Å². The topological polar surface area (TPSA) is 55.9 Å². The van der Waals surface area contributed by atoms with Crippen LogP contribution in [0.5, 0.6) is 0 Å². The van der Waals surface area contributed by atoms with E-state index in [4.69, 9.17) is 11.6 Å². The maximum absolute atomic E-state index is 12.7. The first-order valence-corrected chi connectivity index (χ1v) is 10.1. The molecule has 1 heterocycles. The van der Waals surface area contributed by atoms with Gasteiger partial charge in [0.05, 0.1) is 12.6 Å². The van der Waals surface area contributed by atoms with Gasteiger partial charge in [0, 0.05) is 50.8 Å². The van der Waals surface area contributed by atoms with E-state index in [2.05, 4.69) is 21.2 Å². The standard InChI is InChI=1S/C20H29ClN4O2/c1-15(20(27)23(2)14-19(26)22-18-6-7-18)25-10-8-24(9-11-25)13-16-4-3-5-17(21)12-16/h3-5,12,15,18H,6-11,13-14H2,1-2H3,(H,22,26). The minimum atomic E-state index is -0.211. The van der Waals surface area contributed by atoms with E-state index in [0.717, 1.165) is 50.6 Å². The van der Waals surface area contributed by atoms with Crippen LogP contribution in [0.3, 0.4) is 0 Å². The smallest absolute Gasteiger partial charge is 0.239 e. The summed E-state index contributed by atoms with van der Waals surface area (Å²) < 4.78 is 0. The van der Waals surface area contributed by atoms with E-state index in [-0.39, 0.29) is 24.4 Å². The number of benzene rings is 1. The molecule has 1 saturated heterocycles. The zero-order chi connectivity index (χ0) is 19.4. The number of halogens is 1. The van der Waals surface area contributed by atoms with E-state index in [9.17, 15) is 9.59 Å². The third kappa shape index (κ3) is 5.92. The Morgan fingerprint density at radius 2 is 1.96 bits per heavy atom. The lowest BCUT2D eigenvalue weighted by Crippen LogP contribution is -2.54. The molecule has 27 heavy (non-hydrogen) atoms. The molecule has 0 aromatic heterocycles. The second-order valence-electron chi connectivity index (χ2n) is 7.65. The van der Waals surface area contributed by atoms with Gasteiger partial charge in [0.15, 0.2) is 0 Å². The molecule has 1 atom stereocenters. The minimum absolute atomic E-state index is 0.00392. The van der Waals surface area contributed by atoms with Gasteiger partial charge in [-0.05, 0) is 37.5 Å². The quantitative estimate of drug-likeness (QED) is 0.765. The molecule has 0 radical (unpaired) electrons. The maximum atomic E-state index is 12.7. The highest BCUT2D eigenvalue weighted by Crippen LogP contribution is 2.18. The first-order chi connectivity index (χ1) is 12.9. The molecule has 2 fully saturated rings. The monoisotopic (exact) mass is 392 g/mol. The Balaban J connectivity index is 1.43. The number of nitrogens with one attached hydrogen (secondary N) is 1. The van der Waals surface area contributed by atoms with E-state index in [0.29, 0.717) is 6.04 Å². The van der Waals surface area contributed by atoms with Gasteiger partial charge in [-0.1, -0.05) is 23.7 Å². The van der Waals surface area contributed by atoms with Crippen molar-refractivity contribution in [3.8, 4) is 0 Å². The number of hydrogen-bond acceptors (Lipinski definition) is 4. The van der Waals surface area contributed by atoms with Gasteiger partial charge in [-0.3, -0.25) is 19.4 Å². The molecule has 0 bridgehead atoms. The Morgan fingerprint density at radius 3 is 2.59 bits per heavy atom. The Labute approximate surface area is 166 Å². The van der Waals surface area contributed by atoms with Crippen molar-refractivity contribution >= 4 is 23.4 Å². The van der Waals surface area contributed by atoms with Gasteiger partial charge in [-0.2, -0.15) is 0 Å². The molecular formula is C20H29ClN4O2. The zero-order valence-electron chi connectivity index (χ0n) is 16.2. The van der Waals surface area contributed by atoms with Crippen LogP contribution in [-0.4, -0.2) is 78.4 Å². The Hall–Kier alpha value is -1.63. The Morgan fingerprint density at radius 1 is 1.26 bits per heavy atom. The van der Waals surface area contributed by atoms with Crippen LogP contribution < -0.4 is 5.32 Å². The second-order valence-corrected chi connectivity index (χ2v) is 8.09. The SMILES string of the molecule is CC(C(=O)N(C)CC(=O)NC1CC1)N1CCN(Cc2cccc(Cl)c2)CC1. The van der Waals surface area contributed by atoms with Crippen molar-refractivity contribution in [3.05, 3.63) is 34.9 Å². The van der Waals surface area contributed by atoms with E-state index in [1.807, 2.05) is 25.1 Å². The lowest BCUT2D eigenvalue weighted by Gasteiger charge is -2.38. The van der Waals surface area contributed by atoms with Crippen molar-refractivity contribution in [2.45, 2.75) is 38.4 Å². The van der Waals surface area contributed by atoms with E-state index < -0.39 is 0 Å². The summed E-state index contributed by atoms with van der Waals surface area (Å²) in [5.74, 6) is -0.0591. The van der Waals surface area contributed by atoms with Crippen molar-refractivity contribution in [3.63, 3.8) is 0 Å². The molecule has 148 valence electrons. The zero-order valence-corrected chi connectivity index (χ0v) is 16.9. The molecule has 1 unspecified atom stereocenters. The average molecular weight is 393 g/mol. The second kappa shape index (κ2) is 9.04. The largest absolute Gasteiger partial charge is 0.352 e. The van der Waals surface area contributed by atoms with Gasteiger partial charge in [0.2, 0.25) is 11.8 Å². The third-order valence-electron chi connectivity index (χ3n) is 5.31. The van der Waals surface area contributed by atoms with Gasteiger partial charge in [-0.25, -0.2) is 0 Å². The number of rotatable bonds is 7. The van der Waals surface area contributed by atoms with Crippen LogP contribution in [0.15, 0.2) is 24.3 Å². The van der Waals surface area contributed by atoms with Crippen molar-refractivity contribution in [2.75, 3.05) is 39.8 Å². The fourth-order valence-corrected chi connectivity index (χ4v) is 3.68. The summed E-state index contributed by atoms with van der Waals surface area (Å²) in [5.41, 5.74) is 1.21. The Kier molecular flexibility index (Phi) is 6.73. The van der Waals surface area contributed by atoms with E-state index >= 15 is 0 Å². The predicted molar refractivity (Wildman–Crippen MR) is 107 cm³/mol. The first kappa shape index (κ1) is 20.1. The fourth-order valence-electron chi connectivity index (χ4n) is 3.47. The summed E-state index contributed by atoms with van der Waals surface area (Å²) in [7, 11) is 1.71. The fraction of sp³-hybridized carbons (Fsp3) is 0.600. The van der Waals surface area contributed by atoms with Crippen LogP contribution >= 0.6 is 11.6 Å². The summed E-state index contributed by atoms with van der Waals surface area (Å²) in [6, 6.07) is 8.07. The summed E-state index contributed by atoms with van der Waals surface area (Å²) in [6.07, 6.45) is 2.11. The number of hydrogen-bond donors (Lipinski definition) is 1. The summed E-state index contributed by atoms with van der Waals surface area (Å²) in [5, 5.41) is 3.69. The van der Waals surface area contributed by atoms with Gasteiger partial charge in [-0.15, -0.1) is 0 Å². The molecule has 3 rings (SSSR count). The highest BCUT2D eigenvalue weighted by molar-refractivity contribution is 6.30. The lowest BCUT2D eigenvalue weighted by molar-refractivity contribution is -0.139. The molecule has 1 N–H and O–H groups in total. The highest BCUT2D eigenvalue weighted by Gasteiger charge is 2.29. The molecule has 1 aliphatic heterocycles. The van der Waals surface area contributed by atoms with Crippen LogP contribution in [-0.2, 0) is 16.1 Å². The number of piperazine rings is 1. The lowest BCUT2D eigenvalue weighted by atomic mass is 10.1. The van der Waals surface area contributed by atoms with Crippen LogP contribution in [0.25, 0.3) is 0 Å². The number of carbonyl (C=O) groups is 2. The van der Waals surface area contributed by atoms with E-state index in [1.165, 1.54) is 5.56 Å². The molecule has 2 aliphatic rings. The number of carbonyl (C=O) groups excluding carboxylic acids is 2. The van der Waals surface area contributed by atoms with Crippen molar-refractivity contribution < 1.29 is 9.59 Å². The normalized spacial score (nSPS) is 19.5. The number of nitrogens with zero attached hydrogens (tertiary/aromatic N) is 3. The molecule has 1 aromatic carbocycles. The molecule has 1 saturated carbocycles. The Bertz CT molecular complexity index is 672. The molecular weight excluding hydrogens is 364 g/mol. The molecule has 7 heteroatoms. The predicted octanol–water partition coefficient (Wildman–Crippen LogP) is 1.58. The third-order valence-corrected chi connectivity index (χ3v) is 5.54. The summed E-state index contributed by atoms with van der Waals surface area (Å²) in [6.45, 7) is 6.45. The van der Waals surface area contributed by atoms with Crippen molar-refractivity contribution in [1.29, 1.82) is 0 Å². The van der Waals surface area contributed by atoms with Crippen LogP contribution in [0.2, 0.25) is 5.02 Å². The van der Waals surface area contributed by atoms with Crippen LogP contribution in [0, 0.1) is 0 Å². The number of likely N-dealkylation sites (N-methyl/N-ethyl adjacent to an activating group) is 1. The van der Waals surface area contributed by atoms with E-state index in [1.54, 1.807) is 11.9 Å². The van der Waals surface area contributed by atoms with Crippen LogP contribution in [0.1, 0.15) is 25.3 Å². The molecule has 0 spiro atoms. The van der Waals surface area contributed by atoms with Gasteiger partial charge < -0.3 is 10.2 Å². The first-order valence-electron chi connectivity index (χ1n) is 9.67. The number of amides is 2. The molecule has 1 aromatic rings. The molecule has 2 amide bonds. The molecule has 1 aliphatic carbocycles.